The quantitative estimate of drug-likeness (QED) is 0.640. The normalized spacial score (nSPS) is 24.9. The van der Waals surface area contributed by atoms with Crippen LogP contribution in [0.15, 0.2) is 0 Å². The Kier molecular flexibility index (Phi) is 5.35. The van der Waals surface area contributed by atoms with Gasteiger partial charge in [0.1, 0.15) is 0 Å². The second kappa shape index (κ2) is 6.35. The monoisotopic (exact) mass is 186 g/mol. The molecule has 0 bridgehead atoms. The van der Waals surface area contributed by atoms with Crippen LogP contribution >= 0.6 is 0 Å². The lowest BCUT2D eigenvalue weighted by atomic mass is 10.1. The summed E-state index contributed by atoms with van der Waals surface area (Å²) in [7, 11) is 3.83. The fourth-order valence-electron chi connectivity index (χ4n) is 1.89. The molecular formula is C10H22N2O. The standard InChI is InChI=1S/C10H22N2O/c1-11-6-4-8-12-7-3-5-10(9-12)13-2/h10-11H,3-9H2,1-2H3. The highest BCUT2D eigenvalue weighted by Crippen LogP contribution is 2.12. The third kappa shape index (κ3) is 4.07. The molecule has 1 saturated heterocycles. The predicted octanol–water partition coefficient (Wildman–Crippen LogP) is 0.707. The fourth-order valence-corrected chi connectivity index (χ4v) is 1.89. The SMILES string of the molecule is CNCCCN1CCCC(OC)C1. The molecule has 0 amide bonds. The van der Waals surface area contributed by atoms with Crippen LogP contribution in [0, 0.1) is 0 Å². The van der Waals surface area contributed by atoms with Crippen LogP contribution in [-0.2, 0) is 4.74 Å². The van der Waals surface area contributed by atoms with E-state index in [-0.39, 0.29) is 0 Å². The van der Waals surface area contributed by atoms with E-state index in [1.807, 2.05) is 14.2 Å². The van der Waals surface area contributed by atoms with Crippen molar-refractivity contribution < 1.29 is 4.74 Å². The molecule has 3 heteroatoms. The van der Waals surface area contributed by atoms with Gasteiger partial charge in [0.25, 0.3) is 0 Å². The third-order valence-corrected chi connectivity index (χ3v) is 2.70. The Morgan fingerprint density at radius 3 is 3.08 bits per heavy atom. The summed E-state index contributed by atoms with van der Waals surface area (Å²) in [5, 5.41) is 3.17. The van der Waals surface area contributed by atoms with E-state index >= 15 is 0 Å². The molecule has 1 rings (SSSR count). The number of ether oxygens (including phenoxy) is 1. The number of rotatable bonds is 5. The van der Waals surface area contributed by atoms with Crippen molar-refractivity contribution in [3.8, 4) is 0 Å². The zero-order valence-corrected chi connectivity index (χ0v) is 8.88. The van der Waals surface area contributed by atoms with E-state index < -0.39 is 0 Å². The third-order valence-electron chi connectivity index (χ3n) is 2.70. The van der Waals surface area contributed by atoms with Gasteiger partial charge in [-0.25, -0.2) is 0 Å². The summed E-state index contributed by atoms with van der Waals surface area (Å²) in [5.41, 5.74) is 0. The van der Waals surface area contributed by atoms with Crippen LogP contribution in [0.2, 0.25) is 0 Å². The maximum absolute atomic E-state index is 5.37. The molecule has 0 aromatic carbocycles. The van der Waals surface area contributed by atoms with Gasteiger partial charge in [-0.1, -0.05) is 0 Å². The minimum absolute atomic E-state index is 0.475. The van der Waals surface area contributed by atoms with Gasteiger partial charge >= 0.3 is 0 Å². The average Bonchev–Trinajstić information content (AvgIpc) is 2.19. The molecule has 1 atom stereocenters. The van der Waals surface area contributed by atoms with E-state index in [1.54, 1.807) is 0 Å². The Hall–Kier alpha value is -0.120. The number of piperidine rings is 1. The van der Waals surface area contributed by atoms with Gasteiger partial charge in [-0.05, 0) is 45.9 Å². The van der Waals surface area contributed by atoms with Gasteiger partial charge in [0.15, 0.2) is 0 Å². The summed E-state index contributed by atoms with van der Waals surface area (Å²) >= 11 is 0. The molecule has 78 valence electrons. The number of likely N-dealkylation sites (tertiary alicyclic amines) is 1. The average molecular weight is 186 g/mol. The Balaban J connectivity index is 2.11. The summed E-state index contributed by atoms with van der Waals surface area (Å²) in [5.74, 6) is 0. The highest BCUT2D eigenvalue weighted by molar-refractivity contribution is 4.72. The number of nitrogens with one attached hydrogen (secondary N) is 1. The molecule has 1 heterocycles. The van der Waals surface area contributed by atoms with Crippen molar-refractivity contribution in [2.45, 2.75) is 25.4 Å². The minimum atomic E-state index is 0.475. The van der Waals surface area contributed by atoms with Crippen molar-refractivity contribution in [2.24, 2.45) is 0 Å². The molecule has 1 fully saturated rings. The molecule has 1 aliphatic rings. The van der Waals surface area contributed by atoms with Gasteiger partial charge < -0.3 is 15.0 Å². The van der Waals surface area contributed by atoms with Crippen molar-refractivity contribution in [3.05, 3.63) is 0 Å². The second-order valence-corrected chi connectivity index (χ2v) is 3.76. The lowest BCUT2D eigenvalue weighted by Crippen LogP contribution is -2.40. The Morgan fingerprint density at radius 2 is 2.38 bits per heavy atom. The highest BCUT2D eigenvalue weighted by Gasteiger charge is 2.18. The first-order valence-corrected chi connectivity index (χ1v) is 5.26. The van der Waals surface area contributed by atoms with E-state index in [0.29, 0.717) is 6.10 Å². The van der Waals surface area contributed by atoms with Crippen molar-refractivity contribution in [1.29, 1.82) is 0 Å². The summed E-state index contributed by atoms with van der Waals surface area (Å²) in [6, 6.07) is 0. The predicted molar refractivity (Wildman–Crippen MR) is 55.0 cm³/mol. The van der Waals surface area contributed by atoms with E-state index in [0.717, 1.165) is 13.1 Å². The maximum Gasteiger partial charge on any atom is 0.0698 e. The summed E-state index contributed by atoms with van der Waals surface area (Å²) < 4.78 is 5.37. The topological polar surface area (TPSA) is 24.5 Å². The number of hydrogen-bond donors (Lipinski definition) is 1. The van der Waals surface area contributed by atoms with E-state index in [4.69, 9.17) is 4.74 Å². The molecule has 0 radical (unpaired) electrons. The lowest BCUT2D eigenvalue weighted by molar-refractivity contribution is 0.0312. The van der Waals surface area contributed by atoms with Crippen molar-refractivity contribution in [1.82, 2.24) is 10.2 Å². The zero-order chi connectivity index (χ0) is 9.52. The number of hydrogen-bond acceptors (Lipinski definition) is 3. The largest absolute Gasteiger partial charge is 0.380 e. The van der Waals surface area contributed by atoms with Gasteiger partial charge in [0, 0.05) is 13.7 Å². The first-order chi connectivity index (χ1) is 6.36. The Bertz CT molecular complexity index is 130. The maximum atomic E-state index is 5.37. The molecule has 0 aliphatic carbocycles. The molecule has 1 unspecified atom stereocenters. The summed E-state index contributed by atoms with van der Waals surface area (Å²) in [6.07, 6.45) is 4.24. The lowest BCUT2D eigenvalue weighted by Gasteiger charge is -2.31. The molecule has 13 heavy (non-hydrogen) atoms. The highest BCUT2D eigenvalue weighted by atomic mass is 16.5. The molecule has 3 nitrogen and oxygen atoms in total. The Morgan fingerprint density at radius 1 is 1.54 bits per heavy atom. The van der Waals surface area contributed by atoms with E-state index in [9.17, 15) is 0 Å². The van der Waals surface area contributed by atoms with Gasteiger partial charge in [-0.15, -0.1) is 0 Å². The van der Waals surface area contributed by atoms with Crippen LogP contribution in [0.1, 0.15) is 19.3 Å². The van der Waals surface area contributed by atoms with Crippen molar-refractivity contribution >= 4 is 0 Å². The molecule has 0 aromatic rings. The Labute approximate surface area is 81.4 Å². The molecular weight excluding hydrogens is 164 g/mol. The van der Waals surface area contributed by atoms with Crippen molar-refractivity contribution in [3.63, 3.8) is 0 Å². The fraction of sp³-hybridized carbons (Fsp3) is 1.00. The van der Waals surface area contributed by atoms with Crippen molar-refractivity contribution in [2.75, 3.05) is 40.3 Å². The first kappa shape index (κ1) is 11.0. The van der Waals surface area contributed by atoms with Crippen LogP contribution < -0.4 is 5.32 Å². The van der Waals surface area contributed by atoms with Gasteiger partial charge in [0.05, 0.1) is 6.10 Å². The molecule has 0 saturated carbocycles. The summed E-state index contributed by atoms with van der Waals surface area (Å²) in [4.78, 5) is 2.51. The molecule has 1 aliphatic heterocycles. The van der Waals surface area contributed by atoms with Gasteiger partial charge in [0.2, 0.25) is 0 Å². The van der Waals surface area contributed by atoms with Crippen LogP contribution in [0.3, 0.4) is 0 Å². The van der Waals surface area contributed by atoms with E-state index in [2.05, 4.69) is 10.2 Å². The second-order valence-electron chi connectivity index (χ2n) is 3.76. The van der Waals surface area contributed by atoms with Gasteiger partial charge in [-0.3, -0.25) is 0 Å². The van der Waals surface area contributed by atoms with Crippen LogP contribution in [0.4, 0.5) is 0 Å². The van der Waals surface area contributed by atoms with Gasteiger partial charge in [-0.2, -0.15) is 0 Å². The smallest absolute Gasteiger partial charge is 0.0698 e. The molecule has 0 spiro atoms. The van der Waals surface area contributed by atoms with E-state index in [1.165, 1.54) is 32.4 Å². The number of nitrogens with zero attached hydrogens (tertiary/aromatic N) is 1. The van der Waals surface area contributed by atoms with Crippen LogP contribution in [-0.4, -0.2) is 51.3 Å². The molecule has 0 aromatic heterocycles. The van der Waals surface area contributed by atoms with Crippen LogP contribution in [0.5, 0.6) is 0 Å². The first-order valence-electron chi connectivity index (χ1n) is 5.26. The van der Waals surface area contributed by atoms with Crippen LogP contribution in [0.25, 0.3) is 0 Å². The number of methoxy groups -OCH3 is 1. The summed E-state index contributed by atoms with van der Waals surface area (Å²) in [6.45, 7) is 4.71. The minimum Gasteiger partial charge on any atom is -0.380 e. The molecule has 1 N–H and O–H groups in total. The zero-order valence-electron chi connectivity index (χ0n) is 8.88.